The van der Waals surface area contributed by atoms with Crippen LogP contribution in [0.2, 0.25) is 0 Å². The predicted molar refractivity (Wildman–Crippen MR) is 91.3 cm³/mol. The van der Waals surface area contributed by atoms with Crippen molar-refractivity contribution in [3.8, 4) is 0 Å². The number of hydrogen-bond acceptors (Lipinski definition) is 3. The number of nitrogens with one attached hydrogen (secondary N) is 2. The smallest absolute Gasteiger partial charge is 0.00218 e. The van der Waals surface area contributed by atoms with Crippen LogP contribution in [0.1, 0.15) is 47.0 Å². The summed E-state index contributed by atoms with van der Waals surface area (Å²) in [6.45, 7) is 15.1. The van der Waals surface area contributed by atoms with E-state index in [0.717, 1.165) is 43.9 Å². The second kappa shape index (κ2) is 12.6. The average Bonchev–Trinajstić information content (AvgIpc) is 2.37. The molecule has 0 heterocycles. The highest BCUT2D eigenvalue weighted by Crippen LogP contribution is 2.03. The lowest BCUT2D eigenvalue weighted by Gasteiger charge is -2.17. The van der Waals surface area contributed by atoms with Crippen LogP contribution in [0.25, 0.3) is 0 Å². The van der Waals surface area contributed by atoms with Crippen LogP contribution in [0.5, 0.6) is 0 Å². The first-order valence-corrected chi connectivity index (χ1v) is 8.48. The van der Waals surface area contributed by atoms with Crippen molar-refractivity contribution < 1.29 is 0 Å². The Hall–Kier alpha value is -0.120. The molecule has 0 aliphatic rings. The Labute approximate surface area is 127 Å². The van der Waals surface area contributed by atoms with E-state index in [1.54, 1.807) is 0 Å². The van der Waals surface area contributed by atoms with Crippen LogP contribution < -0.4 is 10.6 Å². The van der Waals surface area contributed by atoms with Crippen LogP contribution in [0, 0.1) is 17.8 Å². The zero-order valence-electron chi connectivity index (χ0n) is 14.8. The fourth-order valence-electron chi connectivity index (χ4n) is 2.12. The molecule has 2 N–H and O–H groups in total. The molecule has 0 aromatic carbocycles. The molecule has 0 aliphatic carbocycles. The van der Waals surface area contributed by atoms with E-state index >= 15 is 0 Å². The third-order valence-corrected chi connectivity index (χ3v) is 3.77. The summed E-state index contributed by atoms with van der Waals surface area (Å²) >= 11 is 0. The van der Waals surface area contributed by atoms with Crippen molar-refractivity contribution in [3.05, 3.63) is 0 Å². The fraction of sp³-hybridized carbons (Fsp3) is 1.00. The molecule has 2 unspecified atom stereocenters. The summed E-state index contributed by atoms with van der Waals surface area (Å²) in [5, 5.41) is 7.17. The van der Waals surface area contributed by atoms with Crippen LogP contribution in [0.3, 0.4) is 0 Å². The first kappa shape index (κ1) is 19.9. The molecule has 0 aliphatic heterocycles. The van der Waals surface area contributed by atoms with E-state index in [0.29, 0.717) is 0 Å². The maximum atomic E-state index is 3.60. The summed E-state index contributed by atoms with van der Waals surface area (Å²) in [4.78, 5) is 2.27. The number of rotatable bonds is 13. The molecule has 3 heteroatoms. The van der Waals surface area contributed by atoms with E-state index in [2.05, 4.69) is 57.3 Å². The highest BCUT2D eigenvalue weighted by molar-refractivity contribution is 4.63. The molecule has 20 heavy (non-hydrogen) atoms. The third kappa shape index (κ3) is 14.3. The van der Waals surface area contributed by atoms with E-state index in [1.165, 1.54) is 25.8 Å². The van der Waals surface area contributed by atoms with Crippen molar-refractivity contribution >= 4 is 0 Å². The minimum atomic E-state index is 0.770. The molecule has 0 rings (SSSR count). The van der Waals surface area contributed by atoms with Crippen molar-refractivity contribution in [1.82, 2.24) is 15.5 Å². The molecule has 122 valence electrons. The van der Waals surface area contributed by atoms with Crippen molar-refractivity contribution in [2.24, 2.45) is 17.8 Å². The SMILES string of the molecule is CC(C)CCNCC(C)CCNCC(C)CCN(C)C. The molecule has 3 nitrogen and oxygen atoms in total. The zero-order valence-corrected chi connectivity index (χ0v) is 14.8. The minimum absolute atomic E-state index is 0.770. The highest BCUT2D eigenvalue weighted by Gasteiger charge is 2.04. The maximum absolute atomic E-state index is 3.60. The molecule has 0 bridgehead atoms. The Balaban J connectivity index is 3.36. The molecule has 2 atom stereocenters. The maximum Gasteiger partial charge on any atom is -0.00218 e. The second-order valence-corrected chi connectivity index (χ2v) is 7.18. The molecule has 0 spiro atoms. The molecule has 0 saturated carbocycles. The van der Waals surface area contributed by atoms with Crippen LogP contribution in [-0.2, 0) is 0 Å². The summed E-state index contributed by atoms with van der Waals surface area (Å²) in [5.74, 6) is 2.35. The summed E-state index contributed by atoms with van der Waals surface area (Å²) in [6.07, 6.45) is 3.84. The topological polar surface area (TPSA) is 27.3 Å². The van der Waals surface area contributed by atoms with Crippen LogP contribution in [-0.4, -0.2) is 51.7 Å². The minimum Gasteiger partial charge on any atom is -0.316 e. The molecule has 0 saturated heterocycles. The van der Waals surface area contributed by atoms with Gasteiger partial charge < -0.3 is 15.5 Å². The third-order valence-electron chi connectivity index (χ3n) is 3.77. The van der Waals surface area contributed by atoms with Crippen molar-refractivity contribution in [2.45, 2.75) is 47.0 Å². The van der Waals surface area contributed by atoms with Gasteiger partial charge in [0.2, 0.25) is 0 Å². The largest absolute Gasteiger partial charge is 0.316 e. The molecule has 0 amide bonds. The molecule has 0 aromatic rings. The van der Waals surface area contributed by atoms with Gasteiger partial charge in [0.25, 0.3) is 0 Å². The van der Waals surface area contributed by atoms with Gasteiger partial charge in [0.15, 0.2) is 0 Å². The van der Waals surface area contributed by atoms with Crippen LogP contribution in [0.4, 0.5) is 0 Å². The standard InChI is InChI=1S/C17H39N3/c1-15(2)7-10-18-13-16(3)8-11-19-14-17(4)9-12-20(5)6/h15-19H,7-14H2,1-6H3. The predicted octanol–water partition coefficient (Wildman–Crippen LogP) is 2.83. The average molecular weight is 286 g/mol. The van der Waals surface area contributed by atoms with Gasteiger partial charge >= 0.3 is 0 Å². The van der Waals surface area contributed by atoms with Gasteiger partial charge in [0, 0.05) is 0 Å². The van der Waals surface area contributed by atoms with Crippen molar-refractivity contribution in [1.29, 1.82) is 0 Å². The lowest BCUT2D eigenvalue weighted by atomic mass is 10.1. The van der Waals surface area contributed by atoms with Crippen molar-refractivity contribution in [2.75, 3.05) is 46.8 Å². The Morgan fingerprint density at radius 3 is 1.75 bits per heavy atom. The Bertz CT molecular complexity index is 204. The van der Waals surface area contributed by atoms with Gasteiger partial charge in [0.05, 0.1) is 0 Å². The van der Waals surface area contributed by atoms with E-state index in [4.69, 9.17) is 0 Å². The van der Waals surface area contributed by atoms with Crippen molar-refractivity contribution in [3.63, 3.8) is 0 Å². The van der Waals surface area contributed by atoms with E-state index in [-0.39, 0.29) is 0 Å². The lowest BCUT2D eigenvalue weighted by Crippen LogP contribution is -2.28. The molecular formula is C17H39N3. The van der Waals surface area contributed by atoms with Gasteiger partial charge in [0.1, 0.15) is 0 Å². The van der Waals surface area contributed by atoms with Gasteiger partial charge in [-0.2, -0.15) is 0 Å². The van der Waals surface area contributed by atoms with Gasteiger partial charge in [-0.05, 0) is 83.8 Å². The number of nitrogens with zero attached hydrogens (tertiary/aromatic N) is 1. The Kier molecular flexibility index (Phi) is 12.5. The Morgan fingerprint density at radius 1 is 0.750 bits per heavy atom. The Morgan fingerprint density at radius 2 is 1.25 bits per heavy atom. The fourth-order valence-corrected chi connectivity index (χ4v) is 2.12. The summed E-state index contributed by atoms with van der Waals surface area (Å²) in [5.41, 5.74) is 0. The monoisotopic (exact) mass is 285 g/mol. The van der Waals surface area contributed by atoms with Crippen LogP contribution in [0.15, 0.2) is 0 Å². The van der Waals surface area contributed by atoms with E-state index in [1.807, 2.05) is 0 Å². The van der Waals surface area contributed by atoms with Gasteiger partial charge in [-0.1, -0.05) is 27.7 Å². The van der Waals surface area contributed by atoms with Crippen LogP contribution >= 0.6 is 0 Å². The first-order valence-electron chi connectivity index (χ1n) is 8.48. The molecule has 0 aromatic heterocycles. The van der Waals surface area contributed by atoms with E-state index < -0.39 is 0 Å². The molecule has 0 radical (unpaired) electrons. The second-order valence-electron chi connectivity index (χ2n) is 7.18. The first-order chi connectivity index (χ1) is 9.41. The van der Waals surface area contributed by atoms with Gasteiger partial charge in [-0.15, -0.1) is 0 Å². The quantitative estimate of drug-likeness (QED) is 0.510. The highest BCUT2D eigenvalue weighted by atomic mass is 15.0. The molecular weight excluding hydrogens is 246 g/mol. The van der Waals surface area contributed by atoms with Gasteiger partial charge in [-0.25, -0.2) is 0 Å². The van der Waals surface area contributed by atoms with Gasteiger partial charge in [-0.3, -0.25) is 0 Å². The summed E-state index contributed by atoms with van der Waals surface area (Å²) < 4.78 is 0. The summed E-state index contributed by atoms with van der Waals surface area (Å²) in [6, 6.07) is 0. The van der Waals surface area contributed by atoms with E-state index in [9.17, 15) is 0 Å². The molecule has 0 fully saturated rings. The summed E-state index contributed by atoms with van der Waals surface area (Å²) in [7, 11) is 4.29. The normalized spacial score (nSPS) is 15.0. The number of hydrogen-bond donors (Lipinski definition) is 2. The zero-order chi connectivity index (χ0) is 15.4. The lowest BCUT2D eigenvalue weighted by molar-refractivity contribution is 0.350.